The number of piperidine rings is 1. The quantitative estimate of drug-likeness (QED) is 0.722. The number of rotatable bonds is 5. The van der Waals surface area contributed by atoms with Crippen LogP contribution in [0, 0.1) is 12.3 Å². The van der Waals surface area contributed by atoms with E-state index in [2.05, 4.69) is 20.1 Å². The first-order valence-electron chi connectivity index (χ1n) is 12.1. The summed E-state index contributed by atoms with van der Waals surface area (Å²) in [7, 11) is 0. The molecule has 3 heterocycles. The Kier molecular flexibility index (Phi) is 6.88. The second-order valence-electron chi connectivity index (χ2n) is 9.64. The van der Waals surface area contributed by atoms with Crippen molar-refractivity contribution in [2.24, 2.45) is 5.41 Å². The van der Waals surface area contributed by atoms with Crippen molar-refractivity contribution in [3.8, 4) is 0 Å². The highest BCUT2D eigenvalue weighted by molar-refractivity contribution is 5.86. The van der Waals surface area contributed by atoms with Crippen LogP contribution in [0.2, 0.25) is 0 Å². The van der Waals surface area contributed by atoms with Crippen LogP contribution in [0.3, 0.4) is 0 Å². The maximum atomic E-state index is 13.5. The number of likely N-dealkylation sites (tertiary alicyclic amines) is 1. The molecule has 176 valence electrons. The molecule has 1 aromatic heterocycles. The molecule has 2 aliphatic heterocycles. The van der Waals surface area contributed by atoms with Crippen molar-refractivity contribution in [2.75, 3.05) is 36.5 Å². The van der Waals surface area contributed by atoms with Gasteiger partial charge in [-0.1, -0.05) is 6.92 Å². The molecule has 2 saturated heterocycles. The van der Waals surface area contributed by atoms with Crippen molar-refractivity contribution in [1.82, 2.24) is 9.88 Å². The summed E-state index contributed by atoms with van der Waals surface area (Å²) in [5, 5.41) is 12.6. The molecule has 8 heteroatoms. The largest absolute Gasteiger partial charge is 0.449 e. The minimum atomic E-state index is -0.468. The van der Waals surface area contributed by atoms with Crippen molar-refractivity contribution < 1.29 is 19.4 Å². The number of pyridine rings is 1. The highest BCUT2D eigenvalue weighted by Crippen LogP contribution is 2.43. The normalized spacial score (nSPS) is 28.3. The number of carbonyl (C=O) groups is 2. The summed E-state index contributed by atoms with van der Waals surface area (Å²) < 4.78 is 5.08. The van der Waals surface area contributed by atoms with Gasteiger partial charge in [-0.2, -0.15) is 0 Å². The number of aromatic nitrogens is 1. The Bertz CT molecular complexity index is 839. The molecule has 1 atom stereocenters. The van der Waals surface area contributed by atoms with E-state index in [0.29, 0.717) is 18.8 Å². The maximum absolute atomic E-state index is 13.5. The SMILES string of the molecule is CCCOC(=O)Nc1cnc(N2CCC[C@@]3(CCN([C@H]4CC[C@H](O)CC4)C3=O)C2)c(C)c1. The van der Waals surface area contributed by atoms with Crippen molar-refractivity contribution in [2.45, 2.75) is 77.4 Å². The highest BCUT2D eigenvalue weighted by Gasteiger charge is 2.50. The summed E-state index contributed by atoms with van der Waals surface area (Å²) in [6.45, 7) is 6.72. The zero-order chi connectivity index (χ0) is 22.7. The van der Waals surface area contributed by atoms with Crippen molar-refractivity contribution in [1.29, 1.82) is 0 Å². The Morgan fingerprint density at radius 3 is 2.78 bits per heavy atom. The van der Waals surface area contributed by atoms with E-state index in [1.165, 1.54) is 0 Å². The highest BCUT2D eigenvalue weighted by atomic mass is 16.5. The predicted octanol–water partition coefficient (Wildman–Crippen LogP) is 3.47. The van der Waals surface area contributed by atoms with Gasteiger partial charge in [-0.25, -0.2) is 9.78 Å². The average molecular weight is 445 g/mol. The van der Waals surface area contributed by atoms with Gasteiger partial charge in [-0.3, -0.25) is 10.1 Å². The third-order valence-electron chi connectivity index (χ3n) is 7.26. The third kappa shape index (κ3) is 4.70. The van der Waals surface area contributed by atoms with E-state index in [1.807, 2.05) is 19.9 Å². The number of ether oxygens (including phenoxy) is 1. The van der Waals surface area contributed by atoms with Gasteiger partial charge in [0.15, 0.2) is 0 Å². The minimum absolute atomic E-state index is 0.205. The van der Waals surface area contributed by atoms with Crippen LogP contribution >= 0.6 is 0 Å². The van der Waals surface area contributed by atoms with E-state index < -0.39 is 6.09 Å². The monoisotopic (exact) mass is 444 g/mol. The number of nitrogens with zero attached hydrogens (tertiary/aromatic N) is 3. The molecule has 0 bridgehead atoms. The molecule has 32 heavy (non-hydrogen) atoms. The molecule has 0 unspecified atom stereocenters. The average Bonchev–Trinajstić information content (AvgIpc) is 3.08. The number of carbonyl (C=O) groups excluding carboxylic acids is 2. The fraction of sp³-hybridized carbons (Fsp3) is 0.708. The Morgan fingerprint density at radius 2 is 2.06 bits per heavy atom. The van der Waals surface area contributed by atoms with Gasteiger partial charge in [0.2, 0.25) is 5.91 Å². The molecular weight excluding hydrogens is 408 g/mol. The number of aliphatic hydroxyl groups excluding tert-OH is 1. The molecule has 8 nitrogen and oxygen atoms in total. The van der Waals surface area contributed by atoms with Crippen LogP contribution in [-0.2, 0) is 9.53 Å². The molecule has 1 aromatic rings. The van der Waals surface area contributed by atoms with Crippen LogP contribution in [0.5, 0.6) is 0 Å². The summed E-state index contributed by atoms with van der Waals surface area (Å²) in [6, 6.07) is 2.19. The van der Waals surface area contributed by atoms with Crippen LogP contribution in [0.4, 0.5) is 16.3 Å². The van der Waals surface area contributed by atoms with Crippen LogP contribution < -0.4 is 10.2 Å². The van der Waals surface area contributed by atoms with Crippen LogP contribution in [0.15, 0.2) is 12.3 Å². The standard InChI is InChI=1S/C24H36N4O4/c1-3-13-32-23(31)26-18-14-17(2)21(25-15-18)27-11-4-9-24(16-27)10-12-28(22(24)30)19-5-7-20(29)8-6-19/h14-15,19-20,29H,3-13,16H2,1-2H3,(H,26,31)/t19-,20-,24-/m1/s1. The maximum Gasteiger partial charge on any atom is 0.411 e. The first kappa shape index (κ1) is 22.8. The van der Waals surface area contributed by atoms with E-state index >= 15 is 0 Å². The molecule has 0 aromatic carbocycles. The molecule has 2 N–H and O–H groups in total. The van der Waals surface area contributed by atoms with Crippen LogP contribution in [0.1, 0.15) is 63.9 Å². The lowest BCUT2D eigenvalue weighted by atomic mass is 9.78. The fourth-order valence-electron chi connectivity index (χ4n) is 5.57. The van der Waals surface area contributed by atoms with Crippen molar-refractivity contribution in [3.05, 3.63) is 17.8 Å². The molecule has 3 fully saturated rings. The van der Waals surface area contributed by atoms with E-state index in [-0.39, 0.29) is 23.5 Å². The van der Waals surface area contributed by atoms with E-state index in [4.69, 9.17) is 4.74 Å². The first-order chi connectivity index (χ1) is 15.4. The molecule has 1 saturated carbocycles. The Balaban J connectivity index is 1.42. The van der Waals surface area contributed by atoms with Gasteiger partial charge < -0.3 is 19.6 Å². The lowest BCUT2D eigenvalue weighted by Gasteiger charge is -2.41. The van der Waals surface area contributed by atoms with E-state index in [1.54, 1.807) is 6.20 Å². The van der Waals surface area contributed by atoms with Crippen molar-refractivity contribution in [3.63, 3.8) is 0 Å². The predicted molar refractivity (Wildman–Crippen MR) is 123 cm³/mol. The Hall–Kier alpha value is -2.35. The molecular formula is C24H36N4O4. The van der Waals surface area contributed by atoms with E-state index in [0.717, 1.165) is 75.8 Å². The Labute approximate surface area is 190 Å². The smallest absolute Gasteiger partial charge is 0.411 e. The number of hydrogen-bond donors (Lipinski definition) is 2. The Morgan fingerprint density at radius 1 is 1.28 bits per heavy atom. The number of hydrogen-bond acceptors (Lipinski definition) is 6. The van der Waals surface area contributed by atoms with Gasteiger partial charge >= 0.3 is 6.09 Å². The number of anilines is 2. The lowest BCUT2D eigenvalue weighted by molar-refractivity contribution is -0.139. The van der Waals surface area contributed by atoms with Gasteiger partial charge in [-0.05, 0) is 69.9 Å². The molecule has 2 amide bonds. The third-order valence-corrected chi connectivity index (χ3v) is 7.26. The topological polar surface area (TPSA) is 95.0 Å². The van der Waals surface area contributed by atoms with Crippen LogP contribution in [-0.4, -0.2) is 65.4 Å². The minimum Gasteiger partial charge on any atom is -0.449 e. The lowest BCUT2D eigenvalue weighted by Crippen LogP contribution is -2.50. The van der Waals surface area contributed by atoms with Gasteiger partial charge in [-0.15, -0.1) is 0 Å². The first-order valence-corrected chi connectivity index (χ1v) is 12.1. The summed E-state index contributed by atoms with van der Waals surface area (Å²) >= 11 is 0. The second-order valence-corrected chi connectivity index (χ2v) is 9.64. The van der Waals surface area contributed by atoms with Gasteiger partial charge in [0.1, 0.15) is 5.82 Å². The molecule has 1 aliphatic carbocycles. The van der Waals surface area contributed by atoms with Gasteiger partial charge in [0.05, 0.1) is 30.0 Å². The number of amides is 2. The second kappa shape index (κ2) is 9.65. The van der Waals surface area contributed by atoms with Crippen molar-refractivity contribution >= 4 is 23.5 Å². The number of aryl methyl sites for hydroxylation is 1. The van der Waals surface area contributed by atoms with Gasteiger partial charge in [0.25, 0.3) is 0 Å². The molecule has 1 spiro atoms. The zero-order valence-corrected chi connectivity index (χ0v) is 19.3. The zero-order valence-electron chi connectivity index (χ0n) is 19.3. The fourth-order valence-corrected chi connectivity index (χ4v) is 5.57. The summed E-state index contributed by atoms with van der Waals surface area (Å²) in [5.74, 6) is 1.17. The van der Waals surface area contributed by atoms with E-state index in [9.17, 15) is 14.7 Å². The van der Waals surface area contributed by atoms with Crippen LogP contribution in [0.25, 0.3) is 0 Å². The number of nitrogens with one attached hydrogen (secondary N) is 1. The molecule has 3 aliphatic rings. The summed E-state index contributed by atoms with van der Waals surface area (Å²) in [4.78, 5) is 34.3. The van der Waals surface area contributed by atoms with Gasteiger partial charge in [0, 0.05) is 25.7 Å². The number of aliphatic hydroxyl groups is 1. The molecule has 4 rings (SSSR count). The molecule has 0 radical (unpaired) electrons. The summed E-state index contributed by atoms with van der Waals surface area (Å²) in [5.41, 5.74) is 1.25. The summed E-state index contributed by atoms with van der Waals surface area (Å²) in [6.07, 6.45) is 7.95.